The van der Waals surface area contributed by atoms with Crippen LogP contribution in [0.2, 0.25) is 5.02 Å². The Bertz CT molecular complexity index is 714. The van der Waals surface area contributed by atoms with Crippen molar-refractivity contribution >= 4 is 29.1 Å². The third-order valence-electron chi connectivity index (χ3n) is 3.15. The highest BCUT2D eigenvalue weighted by Gasteiger charge is 2.08. The number of aryl methyl sites for hydroxylation is 2. The molecule has 0 saturated heterocycles. The van der Waals surface area contributed by atoms with Gasteiger partial charge < -0.3 is 10.6 Å². The molecule has 0 saturated carbocycles. The van der Waals surface area contributed by atoms with Crippen molar-refractivity contribution in [3.8, 4) is 0 Å². The molecule has 2 aromatic carbocycles. The maximum atomic E-state index is 11.9. The van der Waals surface area contributed by atoms with Gasteiger partial charge >= 0.3 is 0 Å². The summed E-state index contributed by atoms with van der Waals surface area (Å²) in [7, 11) is 0. The quantitative estimate of drug-likeness (QED) is 0.909. The summed E-state index contributed by atoms with van der Waals surface area (Å²) in [6, 6.07) is 12.5. The molecule has 0 spiro atoms. The van der Waals surface area contributed by atoms with Crippen molar-refractivity contribution in [2.24, 2.45) is 0 Å². The molecule has 2 aromatic rings. The zero-order valence-corrected chi connectivity index (χ0v) is 13.2. The molecule has 4 nitrogen and oxygen atoms in total. The first kappa shape index (κ1) is 16.0. The number of nitrogens with one attached hydrogen (secondary N) is 2. The topological polar surface area (TPSA) is 58.2 Å². The first-order valence-electron chi connectivity index (χ1n) is 6.86. The predicted octanol–water partition coefficient (Wildman–Crippen LogP) is 3.33. The molecular formula is C17H17ClN2O2. The van der Waals surface area contributed by atoms with Gasteiger partial charge in [-0.05, 0) is 43.7 Å². The van der Waals surface area contributed by atoms with Gasteiger partial charge in [0.15, 0.2) is 0 Å². The van der Waals surface area contributed by atoms with E-state index in [0.717, 1.165) is 11.1 Å². The summed E-state index contributed by atoms with van der Waals surface area (Å²) in [6.45, 7) is 3.69. The molecule has 22 heavy (non-hydrogen) atoms. The van der Waals surface area contributed by atoms with E-state index < -0.39 is 0 Å². The van der Waals surface area contributed by atoms with Gasteiger partial charge in [0.1, 0.15) is 0 Å². The van der Waals surface area contributed by atoms with Gasteiger partial charge in [0, 0.05) is 16.3 Å². The molecule has 2 rings (SSSR count). The molecule has 0 aliphatic heterocycles. The standard InChI is InChI=1S/C17H17ClN2O2/c1-11-4-3-5-13(8-11)17(22)19-10-16(21)20-14-7-6-12(2)15(18)9-14/h3-9H,10H2,1-2H3,(H,19,22)(H,20,21). The summed E-state index contributed by atoms with van der Waals surface area (Å²) >= 11 is 6.00. The maximum Gasteiger partial charge on any atom is 0.251 e. The van der Waals surface area contributed by atoms with Gasteiger partial charge in [-0.15, -0.1) is 0 Å². The largest absolute Gasteiger partial charge is 0.343 e. The Kier molecular flexibility index (Phi) is 5.17. The Morgan fingerprint density at radius 2 is 1.86 bits per heavy atom. The summed E-state index contributed by atoms with van der Waals surface area (Å²) in [5.74, 6) is -0.582. The average Bonchev–Trinajstić information content (AvgIpc) is 2.48. The van der Waals surface area contributed by atoms with E-state index in [1.165, 1.54) is 0 Å². The molecule has 0 heterocycles. The van der Waals surface area contributed by atoms with Crippen LogP contribution in [0.15, 0.2) is 42.5 Å². The predicted molar refractivity (Wildman–Crippen MR) is 88.3 cm³/mol. The van der Waals surface area contributed by atoms with Crippen LogP contribution in [0, 0.1) is 13.8 Å². The van der Waals surface area contributed by atoms with Crippen LogP contribution < -0.4 is 10.6 Å². The second-order valence-corrected chi connectivity index (χ2v) is 5.47. The third kappa shape index (κ3) is 4.33. The number of rotatable bonds is 4. The van der Waals surface area contributed by atoms with Gasteiger partial charge in [-0.2, -0.15) is 0 Å². The van der Waals surface area contributed by atoms with Crippen molar-refractivity contribution in [3.63, 3.8) is 0 Å². The van der Waals surface area contributed by atoms with Gasteiger partial charge in [-0.1, -0.05) is 35.4 Å². The monoisotopic (exact) mass is 316 g/mol. The Labute approximate surface area is 134 Å². The van der Waals surface area contributed by atoms with Gasteiger partial charge in [0.25, 0.3) is 5.91 Å². The van der Waals surface area contributed by atoms with Gasteiger partial charge in [0.05, 0.1) is 6.54 Å². The van der Waals surface area contributed by atoms with Crippen molar-refractivity contribution in [1.29, 1.82) is 0 Å². The molecular weight excluding hydrogens is 300 g/mol. The second-order valence-electron chi connectivity index (χ2n) is 5.06. The summed E-state index contributed by atoms with van der Waals surface area (Å²) in [6.07, 6.45) is 0. The zero-order valence-electron chi connectivity index (χ0n) is 12.4. The lowest BCUT2D eigenvalue weighted by Crippen LogP contribution is -2.32. The highest BCUT2D eigenvalue weighted by atomic mass is 35.5. The SMILES string of the molecule is Cc1cccc(C(=O)NCC(=O)Nc2ccc(C)c(Cl)c2)c1. The highest BCUT2D eigenvalue weighted by molar-refractivity contribution is 6.31. The van der Waals surface area contributed by atoms with Crippen molar-refractivity contribution in [1.82, 2.24) is 5.32 Å². The normalized spacial score (nSPS) is 10.1. The molecule has 0 radical (unpaired) electrons. The molecule has 0 aromatic heterocycles. The fourth-order valence-electron chi connectivity index (χ4n) is 1.92. The van der Waals surface area contributed by atoms with E-state index >= 15 is 0 Å². The molecule has 5 heteroatoms. The number of carbonyl (C=O) groups excluding carboxylic acids is 2. The minimum absolute atomic E-state index is 0.0989. The van der Waals surface area contributed by atoms with Gasteiger partial charge in [-0.25, -0.2) is 0 Å². The van der Waals surface area contributed by atoms with E-state index in [9.17, 15) is 9.59 Å². The maximum absolute atomic E-state index is 11.9. The van der Waals surface area contributed by atoms with Crippen molar-refractivity contribution in [2.45, 2.75) is 13.8 Å². The number of hydrogen-bond donors (Lipinski definition) is 2. The Morgan fingerprint density at radius 1 is 1.09 bits per heavy atom. The van der Waals surface area contributed by atoms with Gasteiger partial charge in [0.2, 0.25) is 5.91 Å². The van der Waals surface area contributed by atoms with Crippen molar-refractivity contribution < 1.29 is 9.59 Å². The number of benzene rings is 2. The minimum atomic E-state index is -0.305. The van der Waals surface area contributed by atoms with E-state index in [1.807, 2.05) is 26.0 Å². The Hall–Kier alpha value is -2.33. The first-order chi connectivity index (χ1) is 10.5. The minimum Gasteiger partial charge on any atom is -0.343 e. The van der Waals surface area contributed by atoms with Crippen LogP contribution in [0.5, 0.6) is 0 Å². The number of hydrogen-bond acceptors (Lipinski definition) is 2. The van der Waals surface area contributed by atoms with Crippen LogP contribution >= 0.6 is 11.6 Å². The lowest BCUT2D eigenvalue weighted by molar-refractivity contribution is -0.115. The van der Waals surface area contributed by atoms with Crippen molar-refractivity contribution in [3.05, 3.63) is 64.2 Å². The molecule has 114 valence electrons. The van der Waals surface area contributed by atoms with E-state index in [-0.39, 0.29) is 18.4 Å². The molecule has 0 unspecified atom stereocenters. The second kappa shape index (κ2) is 7.09. The zero-order chi connectivity index (χ0) is 16.1. The van der Waals surface area contributed by atoms with Crippen LogP contribution in [-0.4, -0.2) is 18.4 Å². The fourth-order valence-corrected chi connectivity index (χ4v) is 2.11. The Balaban J connectivity index is 1.90. The van der Waals surface area contributed by atoms with Crippen LogP contribution in [0.1, 0.15) is 21.5 Å². The summed E-state index contributed by atoms with van der Waals surface area (Å²) < 4.78 is 0. The third-order valence-corrected chi connectivity index (χ3v) is 3.55. The molecule has 2 amide bonds. The molecule has 0 bridgehead atoms. The Morgan fingerprint density at radius 3 is 2.55 bits per heavy atom. The number of halogens is 1. The number of anilines is 1. The fraction of sp³-hybridized carbons (Fsp3) is 0.176. The van der Waals surface area contributed by atoms with Gasteiger partial charge in [-0.3, -0.25) is 9.59 Å². The number of amides is 2. The smallest absolute Gasteiger partial charge is 0.251 e. The average molecular weight is 317 g/mol. The van der Waals surface area contributed by atoms with Crippen LogP contribution in [0.3, 0.4) is 0 Å². The highest BCUT2D eigenvalue weighted by Crippen LogP contribution is 2.19. The number of carbonyl (C=O) groups is 2. The molecule has 0 aliphatic rings. The summed E-state index contributed by atoms with van der Waals surface area (Å²) in [4.78, 5) is 23.8. The van der Waals surface area contributed by atoms with Crippen LogP contribution in [0.25, 0.3) is 0 Å². The van der Waals surface area contributed by atoms with E-state index in [0.29, 0.717) is 16.3 Å². The molecule has 0 atom stereocenters. The lowest BCUT2D eigenvalue weighted by Gasteiger charge is -2.08. The van der Waals surface area contributed by atoms with E-state index in [1.54, 1.807) is 30.3 Å². The van der Waals surface area contributed by atoms with Crippen LogP contribution in [0.4, 0.5) is 5.69 Å². The summed E-state index contributed by atoms with van der Waals surface area (Å²) in [5, 5.41) is 5.86. The lowest BCUT2D eigenvalue weighted by atomic mass is 10.1. The van der Waals surface area contributed by atoms with Crippen LogP contribution in [-0.2, 0) is 4.79 Å². The molecule has 0 fully saturated rings. The van der Waals surface area contributed by atoms with Crippen molar-refractivity contribution in [2.75, 3.05) is 11.9 Å². The first-order valence-corrected chi connectivity index (χ1v) is 7.24. The van der Waals surface area contributed by atoms with E-state index in [2.05, 4.69) is 10.6 Å². The molecule has 2 N–H and O–H groups in total. The molecule has 0 aliphatic carbocycles. The summed E-state index contributed by atoms with van der Waals surface area (Å²) in [5.41, 5.74) is 3.07. The van der Waals surface area contributed by atoms with E-state index in [4.69, 9.17) is 11.6 Å².